The maximum absolute atomic E-state index is 3.83. The van der Waals surface area contributed by atoms with E-state index in [0.717, 1.165) is 5.33 Å². The van der Waals surface area contributed by atoms with E-state index in [4.69, 9.17) is 0 Å². The first kappa shape index (κ1) is 16.9. The normalized spacial score (nSPS) is 15.7. The van der Waals surface area contributed by atoms with Crippen molar-refractivity contribution in [2.24, 2.45) is 5.41 Å². The van der Waals surface area contributed by atoms with Crippen LogP contribution in [0.15, 0.2) is 24.3 Å². The van der Waals surface area contributed by atoms with E-state index in [-0.39, 0.29) is 0 Å². The van der Waals surface area contributed by atoms with Gasteiger partial charge in [0.2, 0.25) is 0 Å². The molecular weight excluding hydrogens is 322 g/mol. The van der Waals surface area contributed by atoms with Gasteiger partial charge in [-0.1, -0.05) is 60.8 Å². The molecule has 2 rings (SSSR count). The minimum Gasteiger partial charge on any atom is -0.371 e. The first-order valence-corrected chi connectivity index (χ1v) is 9.75. The van der Waals surface area contributed by atoms with Gasteiger partial charge in [0.15, 0.2) is 0 Å². The highest BCUT2D eigenvalue weighted by Crippen LogP contribution is 2.36. The molecule has 0 radical (unpaired) electrons. The first-order chi connectivity index (χ1) is 10.2. The summed E-state index contributed by atoms with van der Waals surface area (Å²) in [6.07, 6.45) is 9.11. The Labute approximate surface area is 139 Å². The summed E-state index contributed by atoms with van der Waals surface area (Å²) in [6.45, 7) is 7.07. The van der Waals surface area contributed by atoms with Gasteiger partial charge in [0.25, 0.3) is 0 Å². The number of para-hydroxylation sites is 1. The molecule has 1 nitrogen and oxygen atoms in total. The Morgan fingerprint density at radius 2 is 1.81 bits per heavy atom. The standard InChI is InChI=1S/C19H30BrN/c1-3-12-19(15-20,13-4-2)16-21-14-8-7-10-17-9-5-6-11-18(17)21/h5-6,9,11H,3-4,7-8,10,12-16H2,1-2H3. The van der Waals surface area contributed by atoms with Crippen LogP contribution in [0.4, 0.5) is 5.69 Å². The molecule has 1 heterocycles. The van der Waals surface area contributed by atoms with Crippen molar-refractivity contribution in [3.05, 3.63) is 29.8 Å². The van der Waals surface area contributed by atoms with Crippen molar-refractivity contribution in [3.63, 3.8) is 0 Å². The van der Waals surface area contributed by atoms with Gasteiger partial charge in [-0.3, -0.25) is 0 Å². The first-order valence-electron chi connectivity index (χ1n) is 8.63. The molecule has 1 aromatic carbocycles. The van der Waals surface area contributed by atoms with Gasteiger partial charge in [-0.2, -0.15) is 0 Å². The average Bonchev–Trinajstić information content (AvgIpc) is 2.70. The fourth-order valence-electron chi connectivity index (χ4n) is 3.86. The molecule has 0 bridgehead atoms. The Morgan fingerprint density at radius 1 is 1.10 bits per heavy atom. The molecule has 2 heteroatoms. The van der Waals surface area contributed by atoms with E-state index >= 15 is 0 Å². The van der Waals surface area contributed by atoms with Crippen molar-refractivity contribution in [2.75, 3.05) is 23.3 Å². The third-order valence-electron chi connectivity index (χ3n) is 4.83. The van der Waals surface area contributed by atoms with Gasteiger partial charge in [-0.15, -0.1) is 0 Å². The highest BCUT2D eigenvalue weighted by atomic mass is 79.9. The SMILES string of the molecule is CCCC(CBr)(CCC)CN1CCCCc2ccccc21. The third-order valence-corrected chi connectivity index (χ3v) is 6.02. The van der Waals surface area contributed by atoms with E-state index in [0.29, 0.717) is 5.41 Å². The Balaban J connectivity index is 2.23. The number of rotatable bonds is 7. The van der Waals surface area contributed by atoms with E-state index in [9.17, 15) is 0 Å². The number of alkyl halides is 1. The Bertz CT molecular complexity index is 423. The predicted octanol–water partition coefficient (Wildman–Crippen LogP) is 5.81. The average molecular weight is 352 g/mol. The molecule has 0 aromatic heterocycles. The van der Waals surface area contributed by atoms with Crippen molar-refractivity contribution in [3.8, 4) is 0 Å². The molecule has 0 spiro atoms. The van der Waals surface area contributed by atoms with Gasteiger partial charge in [0, 0.05) is 24.1 Å². The van der Waals surface area contributed by atoms with Crippen molar-refractivity contribution >= 4 is 21.6 Å². The maximum atomic E-state index is 3.83. The topological polar surface area (TPSA) is 3.24 Å². The predicted molar refractivity (Wildman–Crippen MR) is 97.6 cm³/mol. The molecule has 0 unspecified atom stereocenters. The van der Waals surface area contributed by atoms with Crippen LogP contribution in [0.25, 0.3) is 0 Å². The fourth-order valence-corrected chi connectivity index (χ4v) is 4.60. The molecule has 1 aliphatic rings. The summed E-state index contributed by atoms with van der Waals surface area (Å²) < 4.78 is 0. The van der Waals surface area contributed by atoms with E-state index < -0.39 is 0 Å². The summed E-state index contributed by atoms with van der Waals surface area (Å²) in [7, 11) is 0. The maximum Gasteiger partial charge on any atom is 0.0398 e. The van der Waals surface area contributed by atoms with Gasteiger partial charge in [-0.25, -0.2) is 0 Å². The van der Waals surface area contributed by atoms with E-state index in [1.54, 1.807) is 5.56 Å². The molecule has 118 valence electrons. The van der Waals surface area contributed by atoms with E-state index in [2.05, 4.69) is 58.9 Å². The highest BCUT2D eigenvalue weighted by Gasteiger charge is 2.30. The van der Waals surface area contributed by atoms with Crippen molar-refractivity contribution in [1.29, 1.82) is 0 Å². The Hall–Kier alpha value is -0.500. The second-order valence-corrected chi connectivity index (χ2v) is 7.20. The highest BCUT2D eigenvalue weighted by molar-refractivity contribution is 9.09. The number of hydrogen-bond acceptors (Lipinski definition) is 1. The van der Waals surface area contributed by atoms with Crippen LogP contribution in [0.3, 0.4) is 0 Å². The Morgan fingerprint density at radius 3 is 2.48 bits per heavy atom. The van der Waals surface area contributed by atoms with Crippen LogP contribution < -0.4 is 4.90 Å². The number of nitrogens with zero attached hydrogens (tertiary/aromatic N) is 1. The summed E-state index contributed by atoms with van der Waals surface area (Å²) >= 11 is 3.83. The molecule has 21 heavy (non-hydrogen) atoms. The summed E-state index contributed by atoms with van der Waals surface area (Å²) in [5, 5.41) is 1.13. The van der Waals surface area contributed by atoms with Gasteiger partial charge in [0.05, 0.1) is 0 Å². The number of hydrogen-bond donors (Lipinski definition) is 0. The van der Waals surface area contributed by atoms with Crippen LogP contribution >= 0.6 is 15.9 Å². The zero-order valence-electron chi connectivity index (χ0n) is 13.7. The number of halogens is 1. The molecule has 0 saturated carbocycles. The van der Waals surface area contributed by atoms with Crippen LogP contribution in [0.2, 0.25) is 0 Å². The summed E-state index contributed by atoms with van der Waals surface area (Å²) in [5.41, 5.74) is 3.47. The fraction of sp³-hybridized carbons (Fsp3) is 0.684. The number of anilines is 1. The second-order valence-electron chi connectivity index (χ2n) is 6.64. The van der Waals surface area contributed by atoms with Crippen molar-refractivity contribution in [1.82, 2.24) is 0 Å². The van der Waals surface area contributed by atoms with E-state index in [1.165, 1.54) is 63.7 Å². The van der Waals surface area contributed by atoms with Gasteiger partial charge in [0.1, 0.15) is 0 Å². The molecule has 0 aliphatic carbocycles. The van der Waals surface area contributed by atoms with Gasteiger partial charge in [-0.05, 0) is 49.1 Å². The summed E-state index contributed by atoms with van der Waals surface area (Å²) in [5.74, 6) is 0. The van der Waals surface area contributed by atoms with Crippen molar-refractivity contribution in [2.45, 2.75) is 58.8 Å². The minimum atomic E-state index is 0.431. The number of fused-ring (bicyclic) bond motifs is 1. The van der Waals surface area contributed by atoms with Crippen LogP contribution in [0.5, 0.6) is 0 Å². The second kappa shape index (κ2) is 8.22. The molecule has 0 fully saturated rings. The van der Waals surface area contributed by atoms with Crippen LogP contribution in [0, 0.1) is 5.41 Å². The monoisotopic (exact) mass is 351 g/mol. The van der Waals surface area contributed by atoms with Crippen molar-refractivity contribution < 1.29 is 0 Å². The van der Waals surface area contributed by atoms with Crippen LogP contribution in [-0.4, -0.2) is 18.4 Å². The lowest BCUT2D eigenvalue weighted by Gasteiger charge is -2.38. The molecular formula is C19H30BrN. The molecule has 0 atom stereocenters. The minimum absolute atomic E-state index is 0.431. The molecule has 0 saturated heterocycles. The van der Waals surface area contributed by atoms with Crippen LogP contribution in [-0.2, 0) is 6.42 Å². The smallest absolute Gasteiger partial charge is 0.0398 e. The largest absolute Gasteiger partial charge is 0.371 e. The quantitative estimate of drug-likeness (QED) is 0.560. The van der Waals surface area contributed by atoms with Gasteiger partial charge < -0.3 is 4.90 Å². The zero-order chi connectivity index (χ0) is 15.1. The third kappa shape index (κ3) is 4.25. The van der Waals surface area contributed by atoms with Gasteiger partial charge >= 0.3 is 0 Å². The number of benzene rings is 1. The lowest BCUT2D eigenvalue weighted by molar-refractivity contribution is 0.279. The van der Waals surface area contributed by atoms with Crippen LogP contribution in [0.1, 0.15) is 57.9 Å². The molecule has 1 aliphatic heterocycles. The summed E-state index contributed by atoms with van der Waals surface area (Å²) in [4.78, 5) is 2.68. The summed E-state index contributed by atoms with van der Waals surface area (Å²) in [6, 6.07) is 9.05. The Kier molecular flexibility index (Phi) is 6.60. The van der Waals surface area contributed by atoms with E-state index in [1.807, 2.05) is 0 Å². The molecule has 1 aromatic rings. The lowest BCUT2D eigenvalue weighted by atomic mass is 9.80. The lowest BCUT2D eigenvalue weighted by Crippen LogP contribution is -2.39. The number of aryl methyl sites for hydroxylation is 1. The molecule has 0 amide bonds. The zero-order valence-corrected chi connectivity index (χ0v) is 15.3. The molecule has 0 N–H and O–H groups in total.